The third-order valence-corrected chi connectivity index (χ3v) is 6.11. The monoisotopic (exact) mass is 411 g/mol. The van der Waals surface area contributed by atoms with Crippen LogP contribution in [0.3, 0.4) is 0 Å². The Labute approximate surface area is 178 Å². The SMILES string of the molecule is Clc1cnc(N/C=C2/CCCNC2)cc1-c1cccc(NCC2CCCCC2)n1. The van der Waals surface area contributed by atoms with E-state index < -0.39 is 0 Å². The van der Waals surface area contributed by atoms with E-state index in [1.807, 2.05) is 24.3 Å². The first-order valence-electron chi connectivity index (χ1n) is 10.8. The van der Waals surface area contributed by atoms with E-state index in [9.17, 15) is 0 Å². The highest BCUT2D eigenvalue weighted by atomic mass is 35.5. The summed E-state index contributed by atoms with van der Waals surface area (Å²) in [6.45, 7) is 3.02. The van der Waals surface area contributed by atoms with Gasteiger partial charge >= 0.3 is 0 Å². The summed E-state index contributed by atoms with van der Waals surface area (Å²) in [6.07, 6.45) is 12.8. The van der Waals surface area contributed by atoms with Crippen molar-refractivity contribution in [1.82, 2.24) is 15.3 Å². The smallest absolute Gasteiger partial charge is 0.130 e. The van der Waals surface area contributed by atoms with Crippen molar-refractivity contribution in [2.75, 3.05) is 30.3 Å². The first-order valence-corrected chi connectivity index (χ1v) is 11.2. The van der Waals surface area contributed by atoms with Crippen LogP contribution in [-0.2, 0) is 0 Å². The summed E-state index contributed by atoms with van der Waals surface area (Å²) in [5, 5.41) is 10.8. The van der Waals surface area contributed by atoms with Gasteiger partial charge in [-0.2, -0.15) is 0 Å². The van der Waals surface area contributed by atoms with E-state index in [0.29, 0.717) is 5.02 Å². The Morgan fingerprint density at radius 3 is 2.86 bits per heavy atom. The Morgan fingerprint density at radius 2 is 2.03 bits per heavy atom. The lowest BCUT2D eigenvalue weighted by Crippen LogP contribution is -2.24. The van der Waals surface area contributed by atoms with Crippen molar-refractivity contribution >= 4 is 23.2 Å². The zero-order valence-corrected chi connectivity index (χ0v) is 17.6. The van der Waals surface area contributed by atoms with Gasteiger partial charge in [-0.1, -0.05) is 36.9 Å². The fraction of sp³-hybridized carbons (Fsp3) is 0.478. The van der Waals surface area contributed by atoms with Crippen LogP contribution in [0.4, 0.5) is 11.6 Å². The molecule has 2 aromatic heterocycles. The maximum atomic E-state index is 6.45. The largest absolute Gasteiger partial charge is 0.370 e. The maximum Gasteiger partial charge on any atom is 0.130 e. The molecule has 3 heterocycles. The predicted molar refractivity (Wildman–Crippen MR) is 121 cm³/mol. The average molecular weight is 412 g/mol. The standard InChI is InChI=1S/C23H30ClN5/c24-20-16-28-23(27-15-18-8-5-11-25-13-18)12-19(20)21-9-4-10-22(29-21)26-14-17-6-2-1-3-7-17/h4,9-10,12,15-17,25H,1-3,5-8,11,13-14H2,(H,26,29)(H,27,28)/b18-15-. The first-order chi connectivity index (χ1) is 14.3. The number of piperidine rings is 1. The molecule has 0 unspecified atom stereocenters. The van der Waals surface area contributed by atoms with E-state index in [1.165, 1.54) is 44.1 Å². The molecule has 2 fully saturated rings. The quantitative estimate of drug-likeness (QED) is 0.588. The Kier molecular flexibility index (Phi) is 7.01. The van der Waals surface area contributed by atoms with E-state index in [2.05, 4.69) is 27.1 Å². The molecule has 6 heteroatoms. The van der Waals surface area contributed by atoms with Crippen LogP contribution in [0.5, 0.6) is 0 Å². The van der Waals surface area contributed by atoms with Gasteiger partial charge in [-0.15, -0.1) is 0 Å². The van der Waals surface area contributed by atoms with Crippen LogP contribution >= 0.6 is 11.6 Å². The summed E-state index contributed by atoms with van der Waals surface area (Å²) in [4.78, 5) is 9.22. The molecule has 0 radical (unpaired) electrons. The van der Waals surface area contributed by atoms with E-state index in [1.54, 1.807) is 6.20 Å². The predicted octanol–water partition coefficient (Wildman–Crippen LogP) is 5.47. The lowest BCUT2D eigenvalue weighted by Gasteiger charge is -2.22. The molecule has 0 aromatic carbocycles. The lowest BCUT2D eigenvalue weighted by molar-refractivity contribution is 0.373. The number of hydrogen-bond donors (Lipinski definition) is 3. The number of nitrogens with one attached hydrogen (secondary N) is 3. The highest BCUT2D eigenvalue weighted by Gasteiger charge is 2.14. The first kappa shape index (κ1) is 20.2. The minimum Gasteiger partial charge on any atom is -0.370 e. The molecule has 4 rings (SSSR count). The molecule has 2 aliphatic rings. The molecule has 1 aliphatic carbocycles. The Bertz CT molecular complexity index is 837. The Balaban J connectivity index is 1.45. The molecule has 0 amide bonds. The van der Waals surface area contributed by atoms with Crippen LogP contribution in [0.2, 0.25) is 5.02 Å². The molecule has 1 saturated heterocycles. The molecular weight excluding hydrogens is 382 g/mol. The van der Waals surface area contributed by atoms with Gasteiger partial charge < -0.3 is 16.0 Å². The highest BCUT2D eigenvalue weighted by molar-refractivity contribution is 6.33. The summed E-state index contributed by atoms with van der Waals surface area (Å²) in [5.74, 6) is 2.45. The van der Waals surface area contributed by atoms with Gasteiger partial charge in [-0.25, -0.2) is 9.97 Å². The van der Waals surface area contributed by atoms with Crippen molar-refractivity contribution in [2.24, 2.45) is 5.92 Å². The number of aromatic nitrogens is 2. The molecule has 1 saturated carbocycles. The van der Waals surface area contributed by atoms with E-state index in [-0.39, 0.29) is 0 Å². The average Bonchev–Trinajstić information content (AvgIpc) is 2.79. The molecular formula is C23H30ClN5. The highest BCUT2D eigenvalue weighted by Crippen LogP contribution is 2.29. The molecule has 29 heavy (non-hydrogen) atoms. The summed E-state index contributed by atoms with van der Waals surface area (Å²) in [7, 11) is 0. The third kappa shape index (κ3) is 5.71. The fourth-order valence-corrected chi connectivity index (χ4v) is 4.31. The minimum absolute atomic E-state index is 0.611. The van der Waals surface area contributed by atoms with Crippen LogP contribution in [0.15, 0.2) is 42.2 Å². The summed E-state index contributed by atoms with van der Waals surface area (Å²) in [5.41, 5.74) is 3.12. The molecule has 0 atom stereocenters. The molecule has 0 bridgehead atoms. The second-order valence-electron chi connectivity index (χ2n) is 8.07. The number of halogens is 1. The third-order valence-electron chi connectivity index (χ3n) is 5.80. The molecule has 3 N–H and O–H groups in total. The number of hydrogen-bond acceptors (Lipinski definition) is 5. The van der Waals surface area contributed by atoms with Gasteiger partial charge in [0, 0.05) is 31.0 Å². The van der Waals surface area contributed by atoms with Crippen LogP contribution in [0.25, 0.3) is 11.3 Å². The summed E-state index contributed by atoms with van der Waals surface area (Å²) in [6, 6.07) is 8.04. The zero-order chi connectivity index (χ0) is 19.9. The van der Waals surface area contributed by atoms with Crippen molar-refractivity contribution in [3.05, 3.63) is 47.3 Å². The molecule has 0 spiro atoms. The molecule has 154 valence electrons. The molecule has 1 aliphatic heterocycles. The van der Waals surface area contributed by atoms with Crippen molar-refractivity contribution in [3.63, 3.8) is 0 Å². The number of nitrogens with zero attached hydrogens (tertiary/aromatic N) is 2. The van der Waals surface area contributed by atoms with E-state index >= 15 is 0 Å². The normalized spacial score (nSPS) is 19.3. The van der Waals surface area contributed by atoms with Gasteiger partial charge in [0.05, 0.1) is 10.7 Å². The van der Waals surface area contributed by atoms with Crippen molar-refractivity contribution in [2.45, 2.75) is 44.9 Å². The summed E-state index contributed by atoms with van der Waals surface area (Å²) < 4.78 is 0. The van der Waals surface area contributed by atoms with Gasteiger partial charge in [0.25, 0.3) is 0 Å². The minimum atomic E-state index is 0.611. The molecule has 2 aromatic rings. The van der Waals surface area contributed by atoms with Crippen LogP contribution < -0.4 is 16.0 Å². The van der Waals surface area contributed by atoms with Crippen LogP contribution in [0.1, 0.15) is 44.9 Å². The van der Waals surface area contributed by atoms with Gasteiger partial charge in [0.1, 0.15) is 11.6 Å². The van der Waals surface area contributed by atoms with Crippen molar-refractivity contribution < 1.29 is 0 Å². The van der Waals surface area contributed by atoms with Gasteiger partial charge in [0.2, 0.25) is 0 Å². The topological polar surface area (TPSA) is 61.9 Å². The maximum absolute atomic E-state index is 6.45. The zero-order valence-electron chi connectivity index (χ0n) is 16.9. The molecule has 5 nitrogen and oxygen atoms in total. The second kappa shape index (κ2) is 10.1. The van der Waals surface area contributed by atoms with Crippen molar-refractivity contribution in [3.8, 4) is 11.3 Å². The van der Waals surface area contributed by atoms with Gasteiger partial charge in [-0.3, -0.25) is 0 Å². The fourth-order valence-electron chi connectivity index (χ4n) is 4.11. The van der Waals surface area contributed by atoms with Crippen molar-refractivity contribution in [1.29, 1.82) is 0 Å². The number of rotatable bonds is 6. The van der Waals surface area contributed by atoms with Gasteiger partial charge in [-0.05, 0) is 61.9 Å². The lowest BCUT2D eigenvalue weighted by atomic mass is 9.89. The van der Waals surface area contributed by atoms with E-state index in [0.717, 1.165) is 54.9 Å². The second-order valence-corrected chi connectivity index (χ2v) is 8.48. The number of pyridine rings is 2. The Morgan fingerprint density at radius 1 is 1.14 bits per heavy atom. The van der Waals surface area contributed by atoms with E-state index in [4.69, 9.17) is 16.6 Å². The van der Waals surface area contributed by atoms with Gasteiger partial charge in [0.15, 0.2) is 0 Å². The Hall–Kier alpha value is -2.11. The van der Waals surface area contributed by atoms with Crippen LogP contribution in [0, 0.1) is 5.92 Å². The van der Waals surface area contributed by atoms with Crippen LogP contribution in [-0.4, -0.2) is 29.6 Å². The summed E-state index contributed by atoms with van der Waals surface area (Å²) >= 11 is 6.45. The number of anilines is 2.